The van der Waals surface area contributed by atoms with Gasteiger partial charge in [-0.05, 0) is 54.1 Å². The van der Waals surface area contributed by atoms with Crippen LogP contribution >= 0.6 is 0 Å². The molecule has 1 N–H and O–H groups in total. The third-order valence-corrected chi connectivity index (χ3v) is 4.45. The fraction of sp³-hybridized carbons (Fsp3) is 0.143. The molecule has 148 valence electrons. The lowest BCUT2D eigenvalue weighted by atomic mass is 10.0. The van der Waals surface area contributed by atoms with Gasteiger partial charge in [0, 0.05) is 30.1 Å². The highest BCUT2D eigenvalue weighted by Gasteiger charge is 2.26. The summed E-state index contributed by atoms with van der Waals surface area (Å²) in [6.45, 7) is -1.09. The maximum atomic E-state index is 13.4. The number of halogens is 4. The quantitative estimate of drug-likeness (QED) is 0.487. The molecule has 0 radical (unpaired) electrons. The van der Waals surface area contributed by atoms with Crippen LogP contribution in [0.1, 0.15) is 5.69 Å². The van der Waals surface area contributed by atoms with Gasteiger partial charge in [-0.15, -0.1) is 0 Å². The van der Waals surface area contributed by atoms with Gasteiger partial charge in [0.25, 0.3) is 0 Å². The van der Waals surface area contributed by atoms with Gasteiger partial charge in [0.2, 0.25) is 0 Å². The first-order valence-corrected chi connectivity index (χ1v) is 8.87. The average molecular weight is 400 g/mol. The van der Waals surface area contributed by atoms with Gasteiger partial charge in [-0.3, -0.25) is 4.98 Å². The van der Waals surface area contributed by atoms with E-state index in [9.17, 15) is 17.6 Å². The Morgan fingerprint density at radius 3 is 2.31 bits per heavy atom. The zero-order valence-electron chi connectivity index (χ0n) is 15.1. The number of nitrogens with one attached hydrogen (secondary N) is 1. The Morgan fingerprint density at radius 2 is 1.62 bits per heavy atom. The van der Waals surface area contributed by atoms with E-state index >= 15 is 0 Å². The smallest absolute Gasteiger partial charge is 0.303 e. The molecule has 4 rings (SSSR count). The van der Waals surface area contributed by atoms with Crippen LogP contribution in [0.3, 0.4) is 0 Å². The standard InChI is InChI=1S/C21H16F4N4/c22-16-6-4-15(5-7-16)20-19(14-8-10-26-11-9-14)18-3-1-2-17(29(18)28-20)12-27-13-21(23,24)25/h1-11,27H,12-13H2. The SMILES string of the molecule is Fc1ccc(-c2nn3c(CNCC(F)(F)F)cccc3c2-c2ccncc2)cc1. The number of pyridine rings is 2. The van der Waals surface area contributed by atoms with Crippen LogP contribution in [0.5, 0.6) is 0 Å². The van der Waals surface area contributed by atoms with Crippen molar-refractivity contribution in [2.75, 3.05) is 6.54 Å². The minimum absolute atomic E-state index is 0.00280. The molecular formula is C21H16F4N4. The van der Waals surface area contributed by atoms with Gasteiger partial charge >= 0.3 is 6.18 Å². The van der Waals surface area contributed by atoms with Crippen LogP contribution in [0, 0.1) is 5.82 Å². The molecule has 4 nitrogen and oxygen atoms in total. The first-order chi connectivity index (χ1) is 13.9. The molecule has 8 heteroatoms. The van der Waals surface area contributed by atoms with Crippen LogP contribution in [-0.2, 0) is 6.54 Å². The van der Waals surface area contributed by atoms with Crippen LogP contribution in [0.15, 0.2) is 67.0 Å². The maximum Gasteiger partial charge on any atom is 0.401 e. The van der Waals surface area contributed by atoms with Gasteiger partial charge in [-0.2, -0.15) is 18.3 Å². The number of rotatable bonds is 5. The molecule has 0 saturated heterocycles. The van der Waals surface area contributed by atoms with E-state index in [1.807, 2.05) is 18.2 Å². The fourth-order valence-corrected chi connectivity index (χ4v) is 3.20. The molecule has 0 bridgehead atoms. The first-order valence-electron chi connectivity index (χ1n) is 8.87. The van der Waals surface area contributed by atoms with Gasteiger partial charge in [-0.25, -0.2) is 8.91 Å². The van der Waals surface area contributed by atoms with Crippen molar-refractivity contribution >= 4 is 5.52 Å². The first kappa shape index (κ1) is 19.1. The molecular weight excluding hydrogens is 384 g/mol. The second-order valence-electron chi connectivity index (χ2n) is 6.50. The van der Waals surface area contributed by atoms with Crippen molar-refractivity contribution in [2.45, 2.75) is 12.7 Å². The molecule has 0 amide bonds. The molecule has 0 spiro atoms. The lowest BCUT2D eigenvalue weighted by Crippen LogP contribution is -2.29. The van der Waals surface area contributed by atoms with Crippen molar-refractivity contribution in [1.29, 1.82) is 0 Å². The summed E-state index contributed by atoms with van der Waals surface area (Å²) in [5.41, 5.74) is 4.29. The van der Waals surface area contributed by atoms with Gasteiger partial charge in [0.15, 0.2) is 0 Å². The third-order valence-electron chi connectivity index (χ3n) is 4.45. The van der Waals surface area contributed by atoms with E-state index in [-0.39, 0.29) is 12.4 Å². The van der Waals surface area contributed by atoms with E-state index in [0.717, 1.165) is 16.6 Å². The number of benzene rings is 1. The molecule has 4 aromatic rings. The number of fused-ring (bicyclic) bond motifs is 1. The predicted molar refractivity (Wildman–Crippen MR) is 102 cm³/mol. The molecule has 0 aliphatic heterocycles. The lowest BCUT2D eigenvalue weighted by molar-refractivity contribution is -0.125. The summed E-state index contributed by atoms with van der Waals surface area (Å²) in [6.07, 6.45) is -0.983. The predicted octanol–water partition coefficient (Wildman–Crippen LogP) is 4.85. The molecule has 0 aliphatic rings. The molecule has 0 atom stereocenters. The molecule has 0 unspecified atom stereocenters. The molecule has 3 heterocycles. The number of aromatic nitrogens is 3. The Bertz CT molecular complexity index is 1120. The fourth-order valence-electron chi connectivity index (χ4n) is 3.20. The van der Waals surface area contributed by atoms with Crippen LogP contribution in [-0.4, -0.2) is 27.3 Å². The van der Waals surface area contributed by atoms with E-state index in [0.29, 0.717) is 17.0 Å². The summed E-state index contributed by atoms with van der Waals surface area (Å²) in [5, 5.41) is 7.06. The Kier molecular flexibility index (Phi) is 5.02. The molecule has 0 fully saturated rings. The summed E-state index contributed by atoms with van der Waals surface area (Å²) in [5.74, 6) is -0.361. The van der Waals surface area contributed by atoms with E-state index in [2.05, 4.69) is 15.4 Å². The third kappa shape index (κ3) is 4.12. The summed E-state index contributed by atoms with van der Waals surface area (Å²) in [6, 6.07) is 15.0. The maximum absolute atomic E-state index is 13.4. The zero-order valence-corrected chi connectivity index (χ0v) is 15.1. The van der Waals surface area contributed by atoms with Crippen molar-refractivity contribution in [1.82, 2.24) is 19.9 Å². The van der Waals surface area contributed by atoms with Gasteiger partial charge in [-0.1, -0.05) is 6.07 Å². The Morgan fingerprint density at radius 1 is 0.897 bits per heavy atom. The molecule has 3 aromatic heterocycles. The summed E-state index contributed by atoms with van der Waals surface area (Å²) < 4.78 is 52.5. The van der Waals surface area contributed by atoms with E-state index in [1.165, 1.54) is 12.1 Å². The van der Waals surface area contributed by atoms with Gasteiger partial charge < -0.3 is 5.32 Å². The van der Waals surface area contributed by atoms with E-state index in [4.69, 9.17) is 0 Å². The average Bonchev–Trinajstić information content (AvgIpc) is 3.09. The second kappa shape index (κ2) is 7.63. The van der Waals surface area contributed by atoms with Crippen molar-refractivity contribution in [3.8, 4) is 22.4 Å². The number of hydrogen-bond acceptors (Lipinski definition) is 3. The number of alkyl halides is 3. The monoisotopic (exact) mass is 400 g/mol. The van der Waals surface area contributed by atoms with Crippen LogP contribution in [0.2, 0.25) is 0 Å². The van der Waals surface area contributed by atoms with E-state index in [1.54, 1.807) is 41.2 Å². The Hall–Kier alpha value is -3.26. The van der Waals surface area contributed by atoms with Crippen molar-refractivity contribution in [3.63, 3.8) is 0 Å². The summed E-state index contributed by atoms with van der Waals surface area (Å²) in [4.78, 5) is 4.04. The van der Waals surface area contributed by atoms with Crippen LogP contribution in [0.4, 0.5) is 17.6 Å². The largest absolute Gasteiger partial charge is 0.401 e. The summed E-state index contributed by atoms with van der Waals surface area (Å²) in [7, 11) is 0. The highest BCUT2D eigenvalue weighted by Crippen LogP contribution is 2.35. The molecule has 29 heavy (non-hydrogen) atoms. The lowest BCUT2D eigenvalue weighted by Gasteiger charge is -2.09. The van der Waals surface area contributed by atoms with Gasteiger partial charge in [0.05, 0.1) is 17.8 Å². The molecule has 1 aromatic carbocycles. The van der Waals surface area contributed by atoms with Crippen LogP contribution < -0.4 is 5.32 Å². The minimum atomic E-state index is -4.29. The zero-order chi connectivity index (χ0) is 20.4. The highest BCUT2D eigenvalue weighted by molar-refractivity contribution is 5.92. The normalized spacial score (nSPS) is 11.9. The number of hydrogen-bond donors (Lipinski definition) is 1. The Labute approximate surface area is 163 Å². The summed E-state index contributed by atoms with van der Waals surface area (Å²) >= 11 is 0. The topological polar surface area (TPSA) is 42.2 Å². The molecule has 0 saturated carbocycles. The van der Waals surface area contributed by atoms with Crippen molar-refractivity contribution in [3.05, 3.63) is 78.5 Å². The van der Waals surface area contributed by atoms with Crippen LogP contribution in [0.25, 0.3) is 27.9 Å². The highest BCUT2D eigenvalue weighted by atomic mass is 19.4. The van der Waals surface area contributed by atoms with E-state index < -0.39 is 12.7 Å². The van der Waals surface area contributed by atoms with Crippen molar-refractivity contribution < 1.29 is 17.6 Å². The number of nitrogens with zero attached hydrogens (tertiary/aromatic N) is 3. The Balaban J connectivity index is 1.85. The van der Waals surface area contributed by atoms with Crippen molar-refractivity contribution in [2.24, 2.45) is 0 Å². The minimum Gasteiger partial charge on any atom is -0.303 e. The second-order valence-corrected chi connectivity index (χ2v) is 6.50. The van der Waals surface area contributed by atoms with Gasteiger partial charge in [0.1, 0.15) is 11.5 Å². The molecule has 0 aliphatic carbocycles.